The number of benzene rings is 2. The minimum absolute atomic E-state index is 0.0752. The highest BCUT2D eigenvalue weighted by molar-refractivity contribution is 5.87. The van der Waals surface area contributed by atoms with E-state index in [1.54, 1.807) is 6.08 Å². The van der Waals surface area contributed by atoms with Crippen LogP contribution in [0.5, 0.6) is 0 Å². The predicted molar refractivity (Wildman–Crippen MR) is 94.5 cm³/mol. The zero-order valence-corrected chi connectivity index (χ0v) is 13.8. The van der Waals surface area contributed by atoms with Crippen molar-refractivity contribution in [3.8, 4) is 17.2 Å². The molecule has 23 heavy (non-hydrogen) atoms. The molecule has 0 aliphatic rings. The van der Waals surface area contributed by atoms with Gasteiger partial charge in [0.1, 0.15) is 5.78 Å². The largest absolute Gasteiger partial charge is 0.299 e. The van der Waals surface area contributed by atoms with Crippen molar-refractivity contribution in [2.24, 2.45) is 5.41 Å². The zero-order valence-electron chi connectivity index (χ0n) is 13.8. The maximum absolute atomic E-state index is 12.1. The van der Waals surface area contributed by atoms with Gasteiger partial charge in [-0.2, -0.15) is 5.26 Å². The van der Waals surface area contributed by atoms with E-state index in [2.05, 4.69) is 18.2 Å². The lowest BCUT2D eigenvalue weighted by molar-refractivity contribution is -0.125. The number of nitrogens with zero attached hydrogens (tertiary/aromatic N) is 1. The number of rotatable bonds is 4. The van der Waals surface area contributed by atoms with E-state index >= 15 is 0 Å². The summed E-state index contributed by atoms with van der Waals surface area (Å²) in [6, 6.07) is 20.3. The lowest BCUT2D eigenvalue weighted by atomic mass is 9.87. The lowest BCUT2D eigenvalue weighted by Crippen LogP contribution is -2.20. The maximum Gasteiger partial charge on any atom is 0.143 e. The van der Waals surface area contributed by atoms with E-state index in [1.165, 1.54) is 0 Å². The van der Waals surface area contributed by atoms with Crippen molar-refractivity contribution in [2.45, 2.75) is 27.2 Å². The van der Waals surface area contributed by atoms with Gasteiger partial charge in [-0.25, -0.2) is 0 Å². The average molecular weight is 303 g/mol. The summed E-state index contributed by atoms with van der Waals surface area (Å²) in [6.45, 7) is 5.62. The van der Waals surface area contributed by atoms with E-state index in [0.29, 0.717) is 5.57 Å². The van der Waals surface area contributed by atoms with Crippen LogP contribution in [0.3, 0.4) is 0 Å². The first kappa shape index (κ1) is 16.7. The Morgan fingerprint density at radius 1 is 1.00 bits per heavy atom. The first-order chi connectivity index (χ1) is 10.9. The van der Waals surface area contributed by atoms with Gasteiger partial charge in [0.05, 0.1) is 6.07 Å². The second kappa shape index (κ2) is 7.07. The van der Waals surface area contributed by atoms with Crippen LogP contribution in [0.1, 0.15) is 32.8 Å². The van der Waals surface area contributed by atoms with Crippen LogP contribution in [0.25, 0.3) is 17.2 Å². The van der Waals surface area contributed by atoms with Crippen molar-refractivity contribution < 1.29 is 4.79 Å². The SMILES string of the molecule is CC(C)(C)C(=O)CC(C#N)=Cc1ccc(-c2ccccc2)cc1. The van der Waals surface area contributed by atoms with E-state index in [9.17, 15) is 10.1 Å². The summed E-state index contributed by atoms with van der Waals surface area (Å²) >= 11 is 0. The second-order valence-electron chi connectivity index (χ2n) is 6.62. The number of allylic oxidation sites excluding steroid dienone is 1. The number of carbonyl (C=O) groups is 1. The molecular weight excluding hydrogens is 282 g/mol. The van der Waals surface area contributed by atoms with Gasteiger partial charge in [0.2, 0.25) is 0 Å². The molecule has 0 aliphatic carbocycles. The zero-order chi connectivity index (χ0) is 16.9. The van der Waals surface area contributed by atoms with Gasteiger partial charge in [0.25, 0.3) is 0 Å². The van der Waals surface area contributed by atoms with Crippen LogP contribution in [0, 0.1) is 16.7 Å². The molecular formula is C21H21NO. The molecule has 0 atom stereocenters. The number of Topliss-reactive ketones (excluding diaryl/α,β-unsaturated/α-hetero) is 1. The van der Waals surface area contributed by atoms with Crippen molar-refractivity contribution in [2.75, 3.05) is 0 Å². The summed E-state index contributed by atoms with van der Waals surface area (Å²) in [5.74, 6) is 0.0752. The highest BCUT2D eigenvalue weighted by atomic mass is 16.1. The molecule has 0 saturated heterocycles. The minimum atomic E-state index is -0.424. The smallest absolute Gasteiger partial charge is 0.143 e. The van der Waals surface area contributed by atoms with Gasteiger partial charge in [-0.1, -0.05) is 75.4 Å². The number of hydrogen-bond acceptors (Lipinski definition) is 2. The Morgan fingerprint density at radius 2 is 1.57 bits per heavy atom. The molecule has 2 aromatic rings. The van der Waals surface area contributed by atoms with Crippen molar-refractivity contribution in [3.63, 3.8) is 0 Å². The molecule has 0 aromatic heterocycles. The predicted octanol–water partition coefficient (Wildman–Crippen LogP) is 5.27. The Labute approximate surface area is 138 Å². The third kappa shape index (κ3) is 4.66. The fourth-order valence-electron chi connectivity index (χ4n) is 2.16. The van der Waals surface area contributed by atoms with Crippen LogP contribution >= 0.6 is 0 Å². The van der Waals surface area contributed by atoms with E-state index in [-0.39, 0.29) is 12.2 Å². The highest BCUT2D eigenvalue weighted by Gasteiger charge is 2.21. The van der Waals surface area contributed by atoms with Crippen LogP contribution in [-0.2, 0) is 4.79 Å². The van der Waals surface area contributed by atoms with Crippen LogP contribution in [0.4, 0.5) is 0 Å². The highest BCUT2D eigenvalue weighted by Crippen LogP contribution is 2.22. The topological polar surface area (TPSA) is 40.9 Å². The molecule has 116 valence electrons. The molecule has 0 N–H and O–H groups in total. The van der Waals surface area contributed by atoms with E-state index in [1.807, 2.05) is 63.2 Å². The molecule has 0 aliphatic heterocycles. The molecule has 2 nitrogen and oxygen atoms in total. The van der Waals surface area contributed by atoms with Crippen LogP contribution in [0.2, 0.25) is 0 Å². The van der Waals surface area contributed by atoms with Gasteiger partial charge in [-0.05, 0) is 22.8 Å². The third-order valence-electron chi connectivity index (χ3n) is 3.69. The summed E-state index contributed by atoms with van der Waals surface area (Å²) in [5, 5.41) is 9.26. The van der Waals surface area contributed by atoms with Gasteiger partial charge in [-0.15, -0.1) is 0 Å². The fraction of sp³-hybridized carbons (Fsp3) is 0.238. The van der Waals surface area contributed by atoms with Crippen LogP contribution in [-0.4, -0.2) is 5.78 Å². The summed E-state index contributed by atoms with van der Waals surface area (Å²) < 4.78 is 0. The van der Waals surface area contributed by atoms with E-state index in [4.69, 9.17) is 0 Å². The number of carbonyl (C=O) groups excluding carboxylic acids is 1. The quantitative estimate of drug-likeness (QED) is 0.722. The minimum Gasteiger partial charge on any atom is -0.299 e. The summed E-state index contributed by atoms with van der Waals surface area (Å²) in [4.78, 5) is 12.1. The van der Waals surface area contributed by atoms with Crippen molar-refractivity contribution in [3.05, 3.63) is 65.7 Å². The molecule has 0 heterocycles. The Hall–Kier alpha value is -2.66. The fourth-order valence-corrected chi connectivity index (χ4v) is 2.16. The molecule has 0 unspecified atom stereocenters. The molecule has 0 bridgehead atoms. The van der Waals surface area contributed by atoms with Gasteiger partial charge in [0.15, 0.2) is 0 Å². The van der Waals surface area contributed by atoms with Crippen LogP contribution < -0.4 is 0 Å². The van der Waals surface area contributed by atoms with E-state index < -0.39 is 5.41 Å². The third-order valence-corrected chi connectivity index (χ3v) is 3.69. The summed E-state index contributed by atoms with van der Waals surface area (Å²) in [7, 11) is 0. The van der Waals surface area contributed by atoms with Crippen molar-refractivity contribution >= 4 is 11.9 Å². The maximum atomic E-state index is 12.1. The lowest BCUT2D eigenvalue weighted by Gasteiger charge is -2.15. The van der Waals surface area contributed by atoms with Crippen LogP contribution in [0.15, 0.2) is 60.2 Å². The Kier molecular flexibility index (Phi) is 5.13. The van der Waals surface area contributed by atoms with Crippen molar-refractivity contribution in [1.82, 2.24) is 0 Å². The van der Waals surface area contributed by atoms with Gasteiger partial charge in [-0.3, -0.25) is 4.79 Å². The molecule has 2 heteroatoms. The van der Waals surface area contributed by atoms with Crippen molar-refractivity contribution in [1.29, 1.82) is 5.26 Å². The standard InChI is InChI=1S/C21H21NO/c1-21(2,3)20(23)14-17(15-22)13-16-9-11-19(12-10-16)18-7-5-4-6-8-18/h4-13H,14H2,1-3H3. The molecule has 0 saturated carbocycles. The Balaban J connectivity index is 2.18. The van der Waals surface area contributed by atoms with Gasteiger partial charge < -0.3 is 0 Å². The Morgan fingerprint density at radius 3 is 2.09 bits per heavy atom. The molecule has 0 fully saturated rings. The summed E-state index contributed by atoms with van der Waals surface area (Å²) in [5.41, 5.74) is 3.30. The molecule has 2 aromatic carbocycles. The number of hydrogen-bond donors (Lipinski definition) is 0. The first-order valence-corrected chi connectivity index (χ1v) is 7.69. The van der Waals surface area contributed by atoms with Gasteiger partial charge >= 0.3 is 0 Å². The summed E-state index contributed by atoms with van der Waals surface area (Å²) in [6.07, 6.45) is 1.97. The number of ketones is 1. The Bertz CT molecular complexity index is 741. The normalized spacial score (nSPS) is 11.8. The first-order valence-electron chi connectivity index (χ1n) is 7.69. The van der Waals surface area contributed by atoms with E-state index in [0.717, 1.165) is 16.7 Å². The molecule has 0 amide bonds. The number of nitriles is 1. The molecule has 0 spiro atoms. The monoisotopic (exact) mass is 303 g/mol. The molecule has 2 rings (SSSR count). The average Bonchev–Trinajstić information content (AvgIpc) is 2.54. The second-order valence-corrected chi connectivity index (χ2v) is 6.62. The van der Waals surface area contributed by atoms with Gasteiger partial charge in [0, 0.05) is 17.4 Å². The molecule has 0 radical (unpaired) electrons.